The summed E-state index contributed by atoms with van der Waals surface area (Å²) >= 11 is 0. The highest BCUT2D eigenvalue weighted by Gasteiger charge is 2.38. The summed E-state index contributed by atoms with van der Waals surface area (Å²) in [6.07, 6.45) is 3.28. The molecule has 0 amide bonds. The molecule has 3 heteroatoms. The number of carboxylic acid groups (broad SMARTS) is 1. The second-order valence-electron chi connectivity index (χ2n) is 5.27. The maximum Gasteiger partial charge on any atom is 0.309 e. The number of carbonyl (C=O) groups is 1. The van der Waals surface area contributed by atoms with Gasteiger partial charge in [0.25, 0.3) is 0 Å². The third kappa shape index (κ3) is 3.80. The number of hydrogen-bond acceptors (Lipinski definition) is 2. The van der Waals surface area contributed by atoms with Gasteiger partial charge < -0.3 is 10.2 Å². The molecule has 0 heterocycles. The van der Waals surface area contributed by atoms with Crippen molar-refractivity contribution in [1.29, 1.82) is 0 Å². The molecular formula is C16H24O3. The number of carboxylic acids is 1. The summed E-state index contributed by atoms with van der Waals surface area (Å²) in [6, 6.07) is 7.63. The lowest BCUT2D eigenvalue weighted by atomic mass is 9.80. The molecule has 2 atom stereocenters. The molecule has 0 aliphatic carbocycles. The second-order valence-corrected chi connectivity index (χ2v) is 5.27. The fourth-order valence-corrected chi connectivity index (χ4v) is 2.43. The summed E-state index contributed by atoms with van der Waals surface area (Å²) in [7, 11) is 0. The Morgan fingerprint density at radius 3 is 2.21 bits per heavy atom. The maximum atomic E-state index is 11.3. The molecule has 0 aliphatic heterocycles. The van der Waals surface area contributed by atoms with Crippen molar-refractivity contribution in [3.63, 3.8) is 0 Å². The average molecular weight is 264 g/mol. The van der Waals surface area contributed by atoms with Crippen LogP contribution in [-0.2, 0) is 16.8 Å². The van der Waals surface area contributed by atoms with E-state index in [2.05, 4.69) is 6.92 Å². The van der Waals surface area contributed by atoms with Gasteiger partial charge in [-0.3, -0.25) is 4.79 Å². The molecule has 0 aromatic heterocycles. The highest BCUT2D eigenvalue weighted by molar-refractivity contribution is 5.71. The number of hydrogen-bond donors (Lipinski definition) is 2. The van der Waals surface area contributed by atoms with E-state index in [9.17, 15) is 15.0 Å². The van der Waals surface area contributed by atoms with Crippen molar-refractivity contribution in [2.45, 2.75) is 52.1 Å². The van der Waals surface area contributed by atoms with Crippen LogP contribution in [0.2, 0.25) is 0 Å². The zero-order chi connectivity index (χ0) is 14.5. The summed E-state index contributed by atoms with van der Waals surface area (Å²) in [6.45, 7) is 5.64. The zero-order valence-corrected chi connectivity index (χ0v) is 12.0. The fourth-order valence-electron chi connectivity index (χ4n) is 2.43. The van der Waals surface area contributed by atoms with Gasteiger partial charge in [-0.1, -0.05) is 51.0 Å². The Kier molecular flexibility index (Phi) is 5.55. The second kappa shape index (κ2) is 6.71. The van der Waals surface area contributed by atoms with Gasteiger partial charge >= 0.3 is 5.97 Å². The van der Waals surface area contributed by atoms with E-state index in [1.54, 1.807) is 6.92 Å². The van der Waals surface area contributed by atoms with Crippen molar-refractivity contribution < 1.29 is 15.0 Å². The third-order valence-corrected chi connectivity index (χ3v) is 3.63. The van der Waals surface area contributed by atoms with Crippen molar-refractivity contribution in [3.05, 3.63) is 35.4 Å². The van der Waals surface area contributed by atoms with Crippen LogP contribution in [0.15, 0.2) is 24.3 Å². The molecule has 0 spiro atoms. The molecule has 0 radical (unpaired) electrons. The Hall–Kier alpha value is -1.35. The van der Waals surface area contributed by atoms with Crippen LogP contribution in [0.25, 0.3) is 0 Å². The number of aryl methyl sites for hydroxylation is 1. The summed E-state index contributed by atoms with van der Waals surface area (Å²) in [5.74, 6) is -1.71. The molecule has 1 aromatic carbocycles. The van der Waals surface area contributed by atoms with Gasteiger partial charge in [-0.2, -0.15) is 0 Å². The molecule has 0 saturated carbocycles. The van der Waals surface area contributed by atoms with Crippen LogP contribution in [0.3, 0.4) is 0 Å². The normalized spacial score (nSPS) is 15.8. The molecule has 3 nitrogen and oxygen atoms in total. The van der Waals surface area contributed by atoms with Crippen LogP contribution < -0.4 is 0 Å². The minimum Gasteiger partial charge on any atom is -0.481 e. The van der Waals surface area contributed by atoms with Gasteiger partial charge in [0.1, 0.15) is 5.60 Å². The molecule has 0 saturated heterocycles. The number of aliphatic carboxylic acids is 1. The fraction of sp³-hybridized carbons (Fsp3) is 0.562. The van der Waals surface area contributed by atoms with E-state index in [0.717, 1.165) is 19.3 Å². The molecule has 0 bridgehead atoms. The lowest BCUT2D eigenvalue weighted by molar-refractivity contribution is -0.152. The monoisotopic (exact) mass is 264 g/mol. The van der Waals surface area contributed by atoms with Crippen LogP contribution in [0.5, 0.6) is 0 Å². The van der Waals surface area contributed by atoms with Crippen LogP contribution in [0.1, 0.15) is 51.2 Å². The molecular weight excluding hydrogens is 240 g/mol. The van der Waals surface area contributed by atoms with Gasteiger partial charge in [-0.25, -0.2) is 0 Å². The van der Waals surface area contributed by atoms with Crippen LogP contribution in [0.4, 0.5) is 0 Å². The molecule has 0 fully saturated rings. The first-order chi connectivity index (χ1) is 8.93. The van der Waals surface area contributed by atoms with Crippen molar-refractivity contribution in [2.75, 3.05) is 0 Å². The lowest BCUT2D eigenvalue weighted by Gasteiger charge is -2.30. The van der Waals surface area contributed by atoms with E-state index in [0.29, 0.717) is 12.0 Å². The van der Waals surface area contributed by atoms with Crippen molar-refractivity contribution in [1.82, 2.24) is 0 Å². The van der Waals surface area contributed by atoms with E-state index >= 15 is 0 Å². The molecule has 2 unspecified atom stereocenters. The van der Waals surface area contributed by atoms with Gasteiger partial charge in [0.2, 0.25) is 0 Å². The van der Waals surface area contributed by atoms with Gasteiger partial charge in [-0.05, 0) is 30.9 Å². The van der Waals surface area contributed by atoms with E-state index in [1.165, 1.54) is 5.56 Å². The Labute approximate surface area is 115 Å². The molecule has 2 N–H and O–H groups in total. The minimum absolute atomic E-state index is 0.471. The van der Waals surface area contributed by atoms with Crippen LogP contribution in [0, 0.1) is 5.92 Å². The average Bonchev–Trinajstić information content (AvgIpc) is 2.36. The summed E-state index contributed by atoms with van der Waals surface area (Å²) < 4.78 is 0. The van der Waals surface area contributed by atoms with E-state index in [4.69, 9.17) is 0 Å². The minimum atomic E-state index is -1.33. The standard InChI is InChI=1S/C16H24O3/c1-4-6-12-8-10-13(11-9-12)16(3,19)14(7-5-2)15(17)18/h8-11,14,19H,4-7H2,1-3H3,(H,17,18). The van der Waals surface area contributed by atoms with Crippen molar-refractivity contribution in [2.24, 2.45) is 5.92 Å². The predicted molar refractivity (Wildman–Crippen MR) is 76.0 cm³/mol. The first-order valence-electron chi connectivity index (χ1n) is 6.98. The first-order valence-corrected chi connectivity index (χ1v) is 6.98. The molecule has 0 aliphatic rings. The van der Waals surface area contributed by atoms with Crippen LogP contribution >= 0.6 is 0 Å². The quantitative estimate of drug-likeness (QED) is 0.794. The summed E-state index contributed by atoms with van der Waals surface area (Å²) in [5.41, 5.74) is 0.560. The topological polar surface area (TPSA) is 57.5 Å². The highest BCUT2D eigenvalue weighted by atomic mass is 16.4. The lowest BCUT2D eigenvalue weighted by Crippen LogP contribution is -2.37. The number of benzene rings is 1. The largest absolute Gasteiger partial charge is 0.481 e. The molecule has 1 rings (SSSR count). The molecule has 1 aromatic rings. The van der Waals surface area contributed by atoms with Gasteiger partial charge in [-0.15, -0.1) is 0 Å². The predicted octanol–water partition coefficient (Wildman–Crippen LogP) is 3.35. The number of aliphatic hydroxyl groups is 1. The van der Waals surface area contributed by atoms with Crippen molar-refractivity contribution >= 4 is 5.97 Å². The summed E-state index contributed by atoms with van der Waals surface area (Å²) in [5, 5.41) is 19.9. The Morgan fingerprint density at radius 1 is 1.21 bits per heavy atom. The van der Waals surface area contributed by atoms with E-state index < -0.39 is 17.5 Å². The van der Waals surface area contributed by atoms with Gasteiger partial charge in [0.15, 0.2) is 0 Å². The Bertz CT molecular complexity index is 407. The van der Waals surface area contributed by atoms with Gasteiger partial charge in [0.05, 0.1) is 5.92 Å². The Balaban J connectivity index is 2.99. The number of rotatable bonds is 7. The van der Waals surface area contributed by atoms with E-state index in [-0.39, 0.29) is 0 Å². The smallest absolute Gasteiger partial charge is 0.309 e. The maximum absolute atomic E-state index is 11.3. The highest BCUT2D eigenvalue weighted by Crippen LogP contribution is 2.33. The third-order valence-electron chi connectivity index (χ3n) is 3.63. The SMILES string of the molecule is CCCc1ccc(C(C)(O)C(CCC)C(=O)O)cc1. The Morgan fingerprint density at radius 2 is 1.79 bits per heavy atom. The molecule has 19 heavy (non-hydrogen) atoms. The first kappa shape index (κ1) is 15.7. The van der Waals surface area contributed by atoms with Crippen LogP contribution in [-0.4, -0.2) is 16.2 Å². The molecule has 106 valence electrons. The van der Waals surface area contributed by atoms with E-state index in [1.807, 2.05) is 31.2 Å². The summed E-state index contributed by atoms with van der Waals surface area (Å²) in [4.78, 5) is 11.3. The zero-order valence-electron chi connectivity index (χ0n) is 12.0. The van der Waals surface area contributed by atoms with Gasteiger partial charge in [0, 0.05) is 0 Å². The van der Waals surface area contributed by atoms with Crippen molar-refractivity contribution in [3.8, 4) is 0 Å².